The number of aryl methyl sites for hydroxylation is 2. The van der Waals surface area contributed by atoms with E-state index < -0.39 is 0 Å². The summed E-state index contributed by atoms with van der Waals surface area (Å²) in [5.41, 5.74) is 2.88. The van der Waals surface area contributed by atoms with Gasteiger partial charge in [-0.2, -0.15) is 5.10 Å². The molecule has 8 nitrogen and oxygen atoms in total. The normalized spacial score (nSPS) is 16.3. The molecule has 8 heteroatoms. The van der Waals surface area contributed by atoms with Crippen LogP contribution in [-0.2, 0) is 17.9 Å². The number of fused-ring (bicyclic) bond motifs is 1. The second-order valence-electron chi connectivity index (χ2n) is 8.45. The first-order valence-corrected chi connectivity index (χ1v) is 10.9. The lowest BCUT2D eigenvalue weighted by Crippen LogP contribution is -2.40. The van der Waals surface area contributed by atoms with Gasteiger partial charge in [-0.3, -0.25) is 19.1 Å². The van der Waals surface area contributed by atoms with Crippen molar-refractivity contribution < 1.29 is 14.4 Å². The van der Waals surface area contributed by atoms with E-state index in [1.807, 2.05) is 31.2 Å². The van der Waals surface area contributed by atoms with Crippen molar-refractivity contribution in [2.45, 2.75) is 39.3 Å². The van der Waals surface area contributed by atoms with E-state index in [4.69, 9.17) is 0 Å². The number of amides is 3. The maximum Gasteiger partial charge on any atom is 0.274 e. The Labute approximate surface area is 182 Å². The number of nitrogens with zero attached hydrogens (tertiary/aromatic N) is 5. The Morgan fingerprint density at radius 3 is 2.45 bits per heavy atom. The fourth-order valence-corrected chi connectivity index (χ4v) is 4.14. The maximum absolute atomic E-state index is 13.1. The van der Waals surface area contributed by atoms with Crippen molar-refractivity contribution in [3.05, 3.63) is 52.8 Å². The van der Waals surface area contributed by atoms with Crippen LogP contribution in [0.5, 0.6) is 0 Å². The SMILES string of the molecule is Cc1ccc(CN2CCCn3nc(C(=O)N(C)CC(=O)N4CCCC4)cc3C2=O)cc1. The van der Waals surface area contributed by atoms with E-state index in [9.17, 15) is 14.4 Å². The largest absolute Gasteiger partial charge is 0.341 e. The molecule has 0 saturated carbocycles. The standard InChI is InChI=1S/C23H29N5O3/c1-17-6-8-18(9-7-17)15-27-12-5-13-28-20(23(27)31)14-19(24-28)22(30)25(2)16-21(29)26-10-3-4-11-26/h6-9,14H,3-5,10-13,15-16H2,1-2H3. The summed E-state index contributed by atoms with van der Waals surface area (Å²) in [6.07, 6.45) is 2.79. The molecule has 1 fully saturated rings. The summed E-state index contributed by atoms with van der Waals surface area (Å²) in [6.45, 7) is 5.31. The van der Waals surface area contributed by atoms with Crippen LogP contribution in [0.2, 0.25) is 0 Å². The molecule has 0 atom stereocenters. The molecule has 0 N–H and O–H groups in total. The summed E-state index contributed by atoms with van der Waals surface area (Å²) in [6, 6.07) is 9.71. The van der Waals surface area contributed by atoms with E-state index in [0.717, 1.165) is 37.9 Å². The van der Waals surface area contributed by atoms with Crippen LogP contribution in [0.3, 0.4) is 0 Å². The second-order valence-corrected chi connectivity index (χ2v) is 8.45. The van der Waals surface area contributed by atoms with Gasteiger partial charge in [-0.25, -0.2) is 0 Å². The van der Waals surface area contributed by atoms with Crippen LogP contribution < -0.4 is 0 Å². The predicted octanol–water partition coefficient (Wildman–Crippen LogP) is 1.93. The Balaban J connectivity index is 1.46. The molecule has 164 valence electrons. The van der Waals surface area contributed by atoms with Crippen molar-refractivity contribution in [2.24, 2.45) is 0 Å². The van der Waals surface area contributed by atoms with Crippen molar-refractivity contribution in [3.8, 4) is 0 Å². The minimum atomic E-state index is -0.342. The molecule has 3 amide bonds. The van der Waals surface area contributed by atoms with Gasteiger partial charge >= 0.3 is 0 Å². The highest BCUT2D eigenvalue weighted by molar-refractivity contribution is 5.99. The fourth-order valence-electron chi connectivity index (χ4n) is 4.14. The van der Waals surface area contributed by atoms with Crippen molar-refractivity contribution in [3.63, 3.8) is 0 Å². The highest BCUT2D eigenvalue weighted by Crippen LogP contribution is 2.18. The Kier molecular flexibility index (Phi) is 6.06. The van der Waals surface area contributed by atoms with Gasteiger partial charge in [-0.05, 0) is 31.7 Å². The zero-order valence-electron chi connectivity index (χ0n) is 18.2. The summed E-state index contributed by atoms with van der Waals surface area (Å²) in [7, 11) is 1.60. The van der Waals surface area contributed by atoms with Crippen LogP contribution in [-0.4, -0.2) is 75.4 Å². The van der Waals surface area contributed by atoms with Gasteiger partial charge in [-0.1, -0.05) is 29.8 Å². The molecule has 31 heavy (non-hydrogen) atoms. The summed E-state index contributed by atoms with van der Waals surface area (Å²) < 4.78 is 1.63. The number of likely N-dealkylation sites (tertiary alicyclic amines) is 1. The summed E-state index contributed by atoms with van der Waals surface area (Å²) in [5.74, 6) is -0.513. The molecule has 2 aliphatic heterocycles. The van der Waals surface area contributed by atoms with Crippen LogP contribution >= 0.6 is 0 Å². The lowest BCUT2D eigenvalue weighted by molar-refractivity contribution is -0.130. The van der Waals surface area contributed by atoms with Gasteiger partial charge in [0.15, 0.2) is 5.69 Å². The molecular formula is C23H29N5O3. The smallest absolute Gasteiger partial charge is 0.274 e. The fraction of sp³-hybridized carbons (Fsp3) is 0.478. The van der Waals surface area contributed by atoms with Crippen LogP contribution in [0.1, 0.15) is 51.4 Å². The average Bonchev–Trinajstić information content (AvgIpc) is 3.41. The van der Waals surface area contributed by atoms with Crippen LogP contribution in [0, 0.1) is 6.92 Å². The molecule has 0 spiro atoms. The van der Waals surface area contributed by atoms with Gasteiger partial charge in [0.25, 0.3) is 11.8 Å². The second kappa shape index (κ2) is 8.91. The summed E-state index contributed by atoms with van der Waals surface area (Å²) in [4.78, 5) is 43.4. The van der Waals surface area contributed by atoms with Crippen molar-refractivity contribution >= 4 is 17.7 Å². The lowest BCUT2D eigenvalue weighted by Gasteiger charge is -2.21. The molecular weight excluding hydrogens is 394 g/mol. The van der Waals surface area contributed by atoms with E-state index in [0.29, 0.717) is 25.3 Å². The van der Waals surface area contributed by atoms with Gasteiger partial charge in [-0.15, -0.1) is 0 Å². The minimum absolute atomic E-state index is 0.0223. The molecule has 4 rings (SSSR count). The van der Waals surface area contributed by atoms with E-state index in [2.05, 4.69) is 5.10 Å². The summed E-state index contributed by atoms with van der Waals surface area (Å²) >= 11 is 0. The molecule has 1 aromatic carbocycles. The first-order valence-electron chi connectivity index (χ1n) is 10.9. The Hall–Kier alpha value is -3.16. The van der Waals surface area contributed by atoms with E-state index >= 15 is 0 Å². The summed E-state index contributed by atoms with van der Waals surface area (Å²) in [5, 5.41) is 4.39. The number of likely N-dealkylation sites (N-methyl/N-ethyl adjacent to an activating group) is 1. The zero-order valence-corrected chi connectivity index (χ0v) is 18.2. The molecule has 1 saturated heterocycles. The van der Waals surface area contributed by atoms with Crippen molar-refractivity contribution in [1.82, 2.24) is 24.5 Å². The molecule has 2 aliphatic rings. The number of rotatable bonds is 5. The number of carbonyl (C=O) groups is 3. The van der Waals surface area contributed by atoms with Gasteiger partial charge in [0.2, 0.25) is 5.91 Å². The first-order chi connectivity index (χ1) is 14.9. The highest BCUT2D eigenvalue weighted by atomic mass is 16.2. The van der Waals surface area contributed by atoms with Crippen LogP contribution in [0.4, 0.5) is 0 Å². The van der Waals surface area contributed by atoms with Gasteiger partial charge < -0.3 is 14.7 Å². The number of aromatic nitrogens is 2. The molecule has 3 heterocycles. The predicted molar refractivity (Wildman–Crippen MR) is 116 cm³/mol. The van der Waals surface area contributed by atoms with Crippen LogP contribution in [0.25, 0.3) is 0 Å². The third kappa shape index (κ3) is 4.62. The number of carbonyl (C=O) groups excluding carboxylic acids is 3. The molecule has 2 aromatic rings. The van der Waals surface area contributed by atoms with E-state index in [1.54, 1.807) is 27.6 Å². The van der Waals surface area contributed by atoms with Crippen molar-refractivity contribution in [2.75, 3.05) is 33.2 Å². The Bertz CT molecular complexity index is 976. The number of benzene rings is 1. The molecule has 0 unspecified atom stereocenters. The monoisotopic (exact) mass is 423 g/mol. The maximum atomic E-state index is 13.1. The molecule has 0 bridgehead atoms. The number of hydrogen-bond acceptors (Lipinski definition) is 4. The topological polar surface area (TPSA) is 78.8 Å². The highest BCUT2D eigenvalue weighted by Gasteiger charge is 2.28. The van der Waals surface area contributed by atoms with E-state index in [1.165, 1.54) is 10.5 Å². The van der Waals surface area contributed by atoms with Gasteiger partial charge in [0.1, 0.15) is 5.69 Å². The first kappa shape index (κ1) is 21.1. The third-order valence-corrected chi connectivity index (χ3v) is 5.98. The lowest BCUT2D eigenvalue weighted by atomic mass is 10.1. The average molecular weight is 424 g/mol. The van der Waals surface area contributed by atoms with Gasteiger partial charge in [0, 0.05) is 45.8 Å². The van der Waals surface area contributed by atoms with Gasteiger partial charge in [0.05, 0.1) is 6.54 Å². The minimum Gasteiger partial charge on any atom is -0.341 e. The third-order valence-electron chi connectivity index (χ3n) is 5.98. The molecule has 1 aromatic heterocycles. The Morgan fingerprint density at radius 2 is 1.74 bits per heavy atom. The Morgan fingerprint density at radius 1 is 1.03 bits per heavy atom. The number of hydrogen-bond donors (Lipinski definition) is 0. The quantitative estimate of drug-likeness (QED) is 0.736. The zero-order chi connectivity index (χ0) is 22.0. The van der Waals surface area contributed by atoms with E-state index in [-0.39, 0.29) is 30.0 Å². The molecule has 0 aliphatic carbocycles. The molecule has 0 radical (unpaired) electrons. The van der Waals surface area contributed by atoms with Crippen LogP contribution in [0.15, 0.2) is 30.3 Å². The van der Waals surface area contributed by atoms with Crippen molar-refractivity contribution in [1.29, 1.82) is 0 Å².